The molecule has 0 saturated heterocycles. The second kappa shape index (κ2) is 17.1. The molecule has 0 radical (unpaired) electrons. The van der Waals surface area contributed by atoms with Gasteiger partial charge in [-0.05, 0) is 48.8 Å². The first-order chi connectivity index (χ1) is 15.9. The zero-order valence-corrected chi connectivity index (χ0v) is 20.0. The number of aliphatic hydroxyl groups is 3. The average molecular weight is 494 g/mol. The zero-order valence-electron chi connectivity index (χ0n) is 17.6. The van der Waals surface area contributed by atoms with Crippen LogP contribution in [0.15, 0.2) is 122 Å². The van der Waals surface area contributed by atoms with Crippen molar-refractivity contribution in [1.82, 2.24) is 4.98 Å². The molecule has 0 atom stereocenters. The van der Waals surface area contributed by atoms with E-state index < -0.39 is 0 Å². The number of nitrogens with zero attached hydrogens (tertiary/aromatic N) is 1. The molecule has 3 N–H and O–H groups in total. The lowest BCUT2D eigenvalue weighted by atomic mass is 10.2. The molecule has 7 heteroatoms. The van der Waals surface area contributed by atoms with E-state index in [0.717, 1.165) is 0 Å². The van der Waals surface area contributed by atoms with Crippen molar-refractivity contribution in [2.24, 2.45) is 0 Å². The van der Waals surface area contributed by atoms with E-state index in [1.165, 1.54) is 0 Å². The lowest BCUT2D eigenvalue weighted by Crippen LogP contribution is -1.91. The third-order valence-electron chi connectivity index (χ3n) is 3.63. The van der Waals surface area contributed by atoms with Crippen molar-refractivity contribution in [2.75, 3.05) is 0 Å². The Morgan fingerprint density at radius 3 is 0.788 bits per heavy atom. The topological polar surface area (TPSA) is 73.6 Å². The summed E-state index contributed by atoms with van der Waals surface area (Å²) in [6.07, 6.45) is 3.50. The van der Waals surface area contributed by atoms with Gasteiger partial charge in [-0.2, -0.15) is 0 Å². The lowest BCUT2D eigenvalue weighted by molar-refractivity contribution is 0.570. The number of hydrogen-bond donors (Lipinski definition) is 3. The average Bonchev–Trinajstić information content (AvgIpc) is 2.88. The maximum Gasteiger partial charge on any atom is 0.188 e. The molecule has 4 rings (SSSR count). The molecule has 1 aromatic heterocycles. The van der Waals surface area contributed by atoms with E-state index in [0.29, 0.717) is 16.7 Å². The molecule has 4 aromatic rings. The summed E-state index contributed by atoms with van der Waals surface area (Å²) < 4.78 is 0. The van der Waals surface area contributed by atoms with Gasteiger partial charge in [-0.1, -0.05) is 97.1 Å². The quantitative estimate of drug-likeness (QED) is 0.270. The van der Waals surface area contributed by atoms with Gasteiger partial charge >= 0.3 is 0 Å². The predicted molar refractivity (Wildman–Crippen MR) is 147 cm³/mol. The number of pyridine rings is 1. The van der Waals surface area contributed by atoms with Crippen LogP contribution in [0.3, 0.4) is 0 Å². The number of benzene rings is 3. The first kappa shape index (κ1) is 27.5. The minimum Gasteiger partial charge on any atom is -0.499 e. The molecule has 0 aliphatic carbocycles. The number of thiocarbonyl (C=S) groups is 3. The van der Waals surface area contributed by atoms with Crippen molar-refractivity contribution >= 4 is 51.8 Å². The molecule has 4 nitrogen and oxygen atoms in total. The van der Waals surface area contributed by atoms with Crippen LogP contribution in [0.4, 0.5) is 0 Å². The molecule has 0 aliphatic heterocycles. The summed E-state index contributed by atoms with van der Waals surface area (Å²) in [5, 5.41) is 26.1. The Balaban J connectivity index is 0.000000222. The van der Waals surface area contributed by atoms with Gasteiger partial charge in [0.05, 0.1) is 0 Å². The molecule has 33 heavy (non-hydrogen) atoms. The van der Waals surface area contributed by atoms with E-state index in [2.05, 4.69) is 41.6 Å². The highest BCUT2D eigenvalue weighted by atomic mass is 32.1. The van der Waals surface area contributed by atoms with Crippen LogP contribution in [0, 0.1) is 0 Å². The summed E-state index contributed by atoms with van der Waals surface area (Å²) in [5.41, 5.74) is 2.10. The maximum atomic E-state index is 8.76. The Kier molecular flexibility index (Phi) is 14.2. The third kappa shape index (κ3) is 13.5. The number of aromatic nitrogens is 1. The molecular formula is C26H23NO3S3. The second-order valence-electron chi connectivity index (χ2n) is 6.04. The fourth-order valence-corrected chi connectivity index (χ4v) is 2.46. The zero-order chi connectivity index (χ0) is 24.3. The third-order valence-corrected chi connectivity index (χ3v) is 4.34. The minimum absolute atomic E-state index is 0.0457. The van der Waals surface area contributed by atoms with Gasteiger partial charge in [0.15, 0.2) is 15.2 Å². The monoisotopic (exact) mass is 493 g/mol. The maximum absolute atomic E-state index is 8.76. The van der Waals surface area contributed by atoms with Crippen molar-refractivity contribution in [1.29, 1.82) is 0 Å². The summed E-state index contributed by atoms with van der Waals surface area (Å²) >= 11 is 13.6. The van der Waals surface area contributed by atoms with E-state index in [9.17, 15) is 0 Å². The number of rotatable bonds is 3. The standard InChI is InChI=1S/3C7H6OS.C5H5N/c3*8-7(9)6-4-2-1-3-5-6;1-2-4-6-5-3-1/h3*1-5H,(H,8,9);1-5H. The van der Waals surface area contributed by atoms with Crippen LogP contribution in [0.25, 0.3) is 0 Å². The normalized spacial score (nSPS) is 8.73. The van der Waals surface area contributed by atoms with Crippen LogP contribution in [-0.2, 0) is 0 Å². The largest absolute Gasteiger partial charge is 0.499 e. The molecule has 0 fully saturated rings. The van der Waals surface area contributed by atoms with Crippen LogP contribution in [-0.4, -0.2) is 35.5 Å². The molecule has 0 unspecified atom stereocenters. The van der Waals surface area contributed by atoms with Gasteiger partial charge in [0, 0.05) is 29.1 Å². The summed E-state index contributed by atoms with van der Waals surface area (Å²) in [5.74, 6) is 0. The molecule has 0 spiro atoms. The summed E-state index contributed by atoms with van der Waals surface area (Å²) in [6, 6.07) is 32.9. The van der Waals surface area contributed by atoms with Crippen LogP contribution in [0.2, 0.25) is 0 Å². The van der Waals surface area contributed by atoms with E-state index in [-0.39, 0.29) is 15.2 Å². The van der Waals surface area contributed by atoms with Gasteiger partial charge in [-0.15, -0.1) is 0 Å². The summed E-state index contributed by atoms with van der Waals surface area (Å²) in [6.45, 7) is 0. The molecule has 168 valence electrons. The lowest BCUT2D eigenvalue weighted by Gasteiger charge is -1.91. The first-order valence-electron chi connectivity index (χ1n) is 9.61. The summed E-state index contributed by atoms with van der Waals surface area (Å²) in [7, 11) is 0. The molecule has 0 bridgehead atoms. The van der Waals surface area contributed by atoms with Crippen LogP contribution >= 0.6 is 36.7 Å². The molecule has 3 aromatic carbocycles. The van der Waals surface area contributed by atoms with Crippen LogP contribution in [0.1, 0.15) is 16.7 Å². The van der Waals surface area contributed by atoms with Crippen LogP contribution < -0.4 is 0 Å². The Bertz CT molecular complexity index is 934. The molecule has 0 amide bonds. The van der Waals surface area contributed by atoms with Crippen molar-refractivity contribution in [3.63, 3.8) is 0 Å². The summed E-state index contributed by atoms with van der Waals surface area (Å²) in [4.78, 5) is 3.78. The minimum atomic E-state index is -0.0457. The van der Waals surface area contributed by atoms with E-state index >= 15 is 0 Å². The van der Waals surface area contributed by atoms with Crippen LogP contribution in [0.5, 0.6) is 0 Å². The van der Waals surface area contributed by atoms with E-state index in [4.69, 9.17) is 15.3 Å². The van der Waals surface area contributed by atoms with Gasteiger partial charge in [0.1, 0.15) is 0 Å². The highest BCUT2D eigenvalue weighted by molar-refractivity contribution is 7.80. The molecule has 0 aliphatic rings. The van der Waals surface area contributed by atoms with Gasteiger partial charge in [-0.3, -0.25) is 4.98 Å². The fourth-order valence-electron chi connectivity index (χ4n) is 2.05. The number of aliphatic hydroxyl groups excluding tert-OH is 3. The first-order valence-corrected chi connectivity index (χ1v) is 10.8. The Hall–Kier alpha value is -3.52. The Labute approximate surface area is 209 Å². The van der Waals surface area contributed by atoms with Gasteiger partial charge in [0.25, 0.3) is 0 Å². The molecule has 0 saturated carbocycles. The Morgan fingerprint density at radius 2 is 0.667 bits per heavy atom. The highest BCUT2D eigenvalue weighted by Gasteiger charge is 1.93. The molecule has 1 heterocycles. The van der Waals surface area contributed by atoms with Crippen molar-refractivity contribution in [3.05, 3.63) is 138 Å². The van der Waals surface area contributed by atoms with Gasteiger partial charge in [-0.25, -0.2) is 0 Å². The number of hydrogen-bond acceptors (Lipinski definition) is 4. The smallest absolute Gasteiger partial charge is 0.188 e. The predicted octanol–water partition coefficient (Wildman–Crippen LogP) is 6.84. The SMILES string of the molecule is OC(=S)c1ccccc1.OC(=S)c1ccccc1.OC(=S)c1ccccc1.c1ccncc1. The van der Waals surface area contributed by atoms with Gasteiger partial charge < -0.3 is 15.3 Å². The fraction of sp³-hybridized carbons (Fsp3) is 0. The van der Waals surface area contributed by atoms with E-state index in [1.807, 2.05) is 72.8 Å². The van der Waals surface area contributed by atoms with Crippen molar-refractivity contribution in [2.45, 2.75) is 0 Å². The van der Waals surface area contributed by atoms with E-state index in [1.54, 1.807) is 48.8 Å². The second-order valence-corrected chi connectivity index (χ2v) is 7.20. The molecular weight excluding hydrogens is 470 g/mol. The van der Waals surface area contributed by atoms with Gasteiger partial charge in [0.2, 0.25) is 0 Å². The highest BCUT2D eigenvalue weighted by Crippen LogP contribution is 1.99. The van der Waals surface area contributed by atoms with Crippen molar-refractivity contribution < 1.29 is 15.3 Å². The van der Waals surface area contributed by atoms with Crippen molar-refractivity contribution in [3.8, 4) is 0 Å². The Morgan fingerprint density at radius 1 is 0.424 bits per heavy atom.